The van der Waals surface area contributed by atoms with Gasteiger partial charge in [0.1, 0.15) is 4.83 Å². The van der Waals surface area contributed by atoms with Gasteiger partial charge in [-0.3, -0.25) is 9.78 Å². The highest BCUT2D eigenvalue weighted by atomic mass is 32.1. The topological polar surface area (TPSA) is 57.0 Å². The molecule has 0 aliphatic rings. The van der Waals surface area contributed by atoms with Crippen LogP contribution in [0.2, 0.25) is 0 Å². The van der Waals surface area contributed by atoms with E-state index in [1.54, 1.807) is 31.6 Å². The maximum atomic E-state index is 13.0. The average Bonchev–Trinajstić information content (AvgIpc) is 3.21. The number of methoxy groups -OCH3 is 1. The van der Waals surface area contributed by atoms with Crippen LogP contribution in [0.3, 0.4) is 0 Å². The predicted octanol–water partition coefficient (Wildman–Crippen LogP) is 4.40. The van der Waals surface area contributed by atoms with Crippen molar-refractivity contribution in [2.24, 2.45) is 0 Å². The summed E-state index contributed by atoms with van der Waals surface area (Å²) < 4.78 is 7.37. The summed E-state index contributed by atoms with van der Waals surface area (Å²) in [4.78, 5) is 23.2. The maximum Gasteiger partial charge on any atom is 0.213 e. The van der Waals surface area contributed by atoms with Crippen LogP contribution in [-0.2, 0) is 6.54 Å². The van der Waals surface area contributed by atoms with Gasteiger partial charge in [0, 0.05) is 41.6 Å². The quantitative estimate of drug-likeness (QED) is 0.484. The molecule has 0 atom stereocenters. The zero-order valence-electron chi connectivity index (χ0n) is 15.4. The average molecular weight is 377 g/mol. The number of aryl methyl sites for hydroxylation is 2. The molecule has 0 saturated heterocycles. The normalized spacial score (nSPS) is 11.1. The molecule has 136 valence electrons. The first-order chi connectivity index (χ1) is 13.1. The Kier molecular flexibility index (Phi) is 4.49. The molecule has 6 heteroatoms. The van der Waals surface area contributed by atoms with E-state index >= 15 is 0 Å². The number of thiophene rings is 1. The number of hydrogen-bond donors (Lipinski definition) is 0. The van der Waals surface area contributed by atoms with Gasteiger partial charge in [-0.2, -0.15) is 0 Å². The SMILES string of the molecule is COc1ccc(C(=O)c2cc3cc(C)n(Cc4ccncc4)c3s2)c(C)n1. The number of rotatable bonds is 5. The number of ketones is 1. The third-order valence-electron chi connectivity index (χ3n) is 4.60. The molecule has 27 heavy (non-hydrogen) atoms. The van der Waals surface area contributed by atoms with Gasteiger partial charge in [-0.25, -0.2) is 4.98 Å². The van der Waals surface area contributed by atoms with E-state index in [1.165, 1.54) is 22.6 Å². The standard InChI is InChI=1S/C21H19N3O2S/c1-13-10-16-11-18(20(25)17-4-5-19(26-3)23-14(17)2)27-21(16)24(13)12-15-6-8-22-9-7-15/h4-11H,12H2,1-3H3. The van der Waals surface area contributed by atoms with Crippen LogP contribution in [0.5, 0.6) is 5.88 Å². The van der Waals surface area contributed by atoms with Crippen molar-refractivity contribution in [1.29, 1.82) is 0 Å². The molecule has 0 spiro atoms. The second kappa shape index (κ2) is 6.96. The van der Waals surface area contributed by atoms with Crippen LogP contribution in [0, 0.1) is 13.8 Å². The Morgan fingerprint density at radius 1 is 1.15 bits per heavy atom. The van der Waals surface area contributed by atoms with Gasteiger partial charge in [-0.1, -0.05) is 0 Å². The van der Waals surface area contributed by atoms with Crippen molar-refractivity contribution in [3.63, 3.8) is 0 Å². The maximum absolute atomic E-state index is 13.0. The molecule has 0 saturated carbocycles. The van der Waals surface area contributed by atoms with Gasteiger partial charge in [0.2, 0.25) is 11.7 Å². The predicted molar refractivity (Wildman–Crippen MR) is 107 cm³/mol. The van der Waals surface area contributed by atoms with E-state index in [0.29, 0.717) is 17.1 Å². The lowest BCUT2D eigenvalue weighted by Crippen LogP contribution is -2.04. The Morgan fingerprint density at radius 2 is 1.93 bits per heavy atom. The summed E-state index contributed by atoms with van der Waals surface area (Å²) in [6.45, 7) is 4.68. The molecule has 5 nitrogen and oxygen atoms in total. The van der Waals surface area contributed by atoms with Crippen LogP contribution < -0.4 is 4.74 Å². The molecule has 0 aliphatic heterocycles. The zero-order chi connectivity index (χ0) is 19.0. The molecule has 0 N–H and O–H groups in total. The number of carbonyl (C=O) groups excluding carboxylic acids is 1. The number of carbonyl (C=O) groups is 1. The zero-order valence-corrected chi connectivity index (χ0v) is 16.2. The Hall–Kier alpha value is -2.99. The molecule has 4 aromatic rings. The molecule has 0 amide bonds. The largest absolute Gasteiger partial charge is 0.481 e. The number of aromatic nitrogens is 3. The van der Waals surface area contributed by atoms with E-state index in [2.05, 4.69) is 27.5 Å². The van der Waals surface area contributed by atoms with Crippen molar-refractivity contribution in [3.8, 4) is 5.88 Å². The van der Waals surface area contributed by atoms with Gasteiger partial charge in [-0.15, -0.1) is 11.3 Å². The van der Waals surface area contributed by atoms with Crippen molar-refractivity contribution in [3.05, 3.63) is 76.2 Å². The fourth-order valence-corrected chi connectivity index (χ4v) is 4.33. The monoisotopic (exact) mass is 377 g/mol. The van der Waals surface area contributed by atoms with Crippen LogP contribution in [-0.4, -0.2) is 27.4 Å². The summed E-state index contributed by atoms with van der Waals surface area (Å²) in [7, 11) is 1.57. The molecule has 0 fully saturated rings. The summed E-state index contributed by atoms with van der Waals surface area (Å²) in [6, 6.07) is 11.6. The highest BCUT2D eigenvalue weighted by molar-refractivity contribution is 7.20. The highest BCUT2D eigenvalue weighted by Crippen LogP contribution is 2.31. The van der Waals surface area contributed by atoms with Crippen molar-refractivity contribution in [2.45, 2.75) is 20.4 Å². The molecule has 0 radical (unpaired) electrons. The minimum Gasteiger partial charge on any atom is -0.481 e. The second-order valence-corrected chi connectivity index (χ2v) is 7.44. The first-order valence-corrected chi connectivity index (χ1v) is 9.43. The molecule has 4 aromatic heterocycles. The summed E-state index contributed by atoms with van der Waals surface area (Å²) >= 11 is 1.52. The van der Waals surface area contributed by atoms with E-state index in [0.717, 1.165) is 21.6 Å². The first-order valence-electron chi connectivity index (χ1n) is 8.61. The summed E-state index contributed by atoms with van der Waals surface area (Å²) in [5.74, 6) is 0.511. The van der Waals surface area contributed by atoms with Gasteiger partial charge in [-0.05, 0) is 49.7 Å². The number of pyridine rings is 2. The third kappa shape index (κ3) is 3.24. The fourth-order valence-electron chi connectivity index (χ4n) is 3.18. The second-order valence-electron chi connectivity index (χ2n) is 6.41. The van der Waals surface area contributed by atoms with E-state index in [4.69, 9.17) is 4.74 Å². The fraction of sp³-hybridized carbons (Fsp3) is 0.190. The van der Waals surface area contributed by atoms with Crippen molar-refractivity contribution >= 4 is 27.3 Å². The van der Waals surface area contributed by atoms with Crippen molar-refractivity contribution < 1.29 is 9.53 Å². The number of ether oxygens (including phenoxy) is 1. The number of nitrogens with zero attached hydrogens (tertiary/aromatic N) is 3. The minimum atomic E-state index is -0.00281. The Labute approximate surface area is 161 Å². The molecule has 0 aliphatic carbocycles. The Balaban J connectivity index is 1.71. The Bertz CT molecular complexity index is 1130. The lowest BCUT2D eigenvalue weighted by atomic mass is 10.1. The Morgan fingerprint density at radius 3 is 2.63 bits per heavy atom. The first kappa shape index (κ1) is 17.4. The smallest absolute Gasteiger partial charge is 0.213 e. The lowest BCUT2D eigenvalue weighted by Gasteiger charge is -2.07. The minimum absolute atomic E-state index is 0.00281. The molecular formula is C21H19N3O2S. The van der Waals surface area contributed by atoms with E-state index in [-0.39, 0.29) is 5.78 Å². The lowest BCUT2D eigenvalue weighted by molar-refractivity contribution is 0.104. The van der Waals surface area contributed by atoms with E-state index in [1.807, 2.05) is 25.1 Å². The number of fused-ring (bicyclic) bond motifs is 1. The highest BCUT2D eigenvalue weighted by Gasteiger charge is 2.18. The van der Waals surface area contributed by atoms with Gasteiger partial charge in [0.05, 0.1) is 17.7 Å². The van der Waals surface area contributed by atoms with Crippen LogP contribution in [0.1, 0.15) is 32.2 Å². The summed E-state index contributed by atoms with van der Waals surface area (Å²) in [5.41, 5.74) is 3.64. The molecule has 0 aromatic carbocycles. The van der Waals surface area contributed by atoms with Gasteiger partial charge >= 0.3 is 0 Å². The van der Waals surface area contributed by atoms with Crippen molar-refractivity contribution in [2.75, 3.05) is 7.11 Å². The number of hydrogen-bond acceptors (Lipinski definition) is 5. The van der Waals surface area contributed by atoms with Crippen LogP contribution in [0.15, 0.2) is 48.8 Å². The molecule has 4 rings (SSSR count). The third-order valence-corrected chi connectivity index (χ3v) is 5.78. The molecule has 0 unspecified atom stereocenters. The van der Waals surface area contributed by atoms with Gasteiger partial charge < -0.3 is 9.30 Å². The van der Waals surface area contributed by atoms with E-state index < -0.39 is 0 Å². The van der Waals surface area contributed by atoms with Crippen LogP contribution in [0.4, 0.5) is 0 Å². The molecular weight excluding hydrogens is 358 g/mol. The molecule has 4 heterocycles. The summed E-state index contributed by atoms with van der Waals surface area (Å²) in [5, 5.41) is 1.09. The van der Waals surface area contributed by atoms with E-state index in [9.17, 15) is 4.79 Å². The van der Waals surface area contributed by atoms with Gasteiger partial charge in [0.25, 0.3) is 0 Å². The van der Waals surface area contributed by atoms with Crippen LogP contribution in [0.25, 0.3) is 10.2 Å². The van der Waals surface area contributed by atoms with Gasteiger partial charge in [0.15, 0.2) is 0 Å². The summed E-state index contributed by atoms with van der Waals surface area (Å²) in [6.07, 6.45) is 3.60. The van der Waals surface area contributed by atoms with Crippen molar-refractivity contribution in [1.82, 2.24) is 14.5 Å². The van der Waals surface area contributed by atoms with Crippen LogP contribution >= 0.6 is 11.3 Å². The molecule has 0 bridgehead atoms.